The second-order valence-electron chi connectivity index (χ2n) is 8.53. The molecular formula is C29H25NO6. The molecule has 1 atom stereocenters. The first-order valence-electron chi connectivity index (χ1n) is 11.7. The Morgan fingerprint density at radius 3 is 2.11 bits per heavy atom. The molecule has 182 valence electrons. The molecule has 3 aromatic carbocycles. The summed E-state index contributed by atoms with van der Waals surface area (Å²) in [7, 11) is 0. The van der Waals surface area contributed by atoms with Crippen molar-refractivity contribution in [2.45, 2.75) is 25.0 Å². The van der Waals surface area contributed by atoms with E-state index in [2.05, 4.69) is 17.4 Å². The van der Waals surface area contributed by atoms with Crippen molar-refractivity contribution in [1.82, 2.24) is 5.32 Å². The maximum Gasteiger partial charge on any atom is 0.407 e. The third-order valence-electron chi connectivity index (χ3n) is 6.18. The molecule has 0 saturated heterocycles. The molecular weight excluding hydrogens is 458 g/mol. The number of rotatable bonds is 9. The summed E-state index contributed by atoms with van der Waals surface area (Å²) >= 11 is 0. The van der Waals surface area contributed by atoms with Crippen LogP contribution in [0.3, 0.4) is 0 Å². The Labute approximate surface area is 208 Å². The van der Waals surface area contributed by atoms with Gasteiger partial charge in [-0.25, -0.2) is 9.59 Å². The Bertz CT molecular complexity index is 1320. The van der Waals surface area contributed by atoms with Gasteiger partial charge in [0.2, 0.25) is 0 Å². The molecule has 0 aliphatic heterocycles. The summed E-state index contributed by atoms with van der Waals surface area (Å²) in [5.41, 5.74) is 4.41. The van der Waals surface area contributed by atoms with E-state index in [4.69, 9.17) is 13.9 Å². The summed E-state index contributed by atoms with van der Waals surface area (Å²) in [5.74, 6) is 0.397. The largest absolute Gasteiger partial charge is 0.486 e. The molecule has 7 heteroatoms. The number of aliphatic carboxylic acids is 1. The molecule has 7 nitrogen and oxygen atoms in total. The van der Waals surface area contributed by atoms with E-state index in [0.717, 1.165) is 22.3 Å². The quantitative estimate of drug-likeness (QED) is 0.331. The molecule has 0 spiro atoms. The average Bonchev–Trinajstić information content (AvgIpc) is 3.48. The molecule has 2 N–H and O–H groups in total. The lowest BCUT2D eigenvalue weighted by molar-refractivity contribution is -0.139. The van der Waals surface area contributed by atoms with Crippen LogP contribution in [0.5, 0.6) is 5.75 Å². The van der Waals surface area contributed by atoms with Gasteiger partial charge in [0, 0.05) is 12.3 Å². The van der Waals surface area contributed by atoms with Gasteiger partial charge < -0.3 is 24.3 Å². The fourth-order valence-corrected chi connectivity index (χ4v) is 4.46. The van der Waals surface area contributed by atoms with E-state index >= 15 is 0 Å². The van der Waals surface area contributed by atoms with E-state index in [9.17, 15) is 14.7 Å². The third-order valence-corrected chi connectivity index (χ3v) is 6.18. The van der Waals surface area contributed by atoms with E-state index in [1.807, 2.05) is 66.7 Å². The SMILES string of the molecule is O=C(NC(Cc1ccc(COc2ccccc2)o1)C(=O)O)OCC1c2ccccc2-c2ccccc21. The fraction of sp³-hybridized carbons (Fsp3) is 0.172. The van der Waals surface area contributed by atoms with E-state index in [1.54, 1.807) is 12.1 Å². The number of amides is 1. The number of fused-ring (bicyclic) bond motifs is 3. The van der Waals surface area contributed by atoms with Crippen LogP contribution in [-0.2, 0) is 22.6 Å². The van der Waals surface area contributed by atoms with Crippen LogP contribution in [0, 0.1) is 0 Å². The third kappa shape index (κ3) is 5.10. The number of furan rings is 1. The minimum absolute atomic E-state index is 0.0230. The predicted octanol–water partition coefficient (Wildman–Crippen LogP) is 5.39. The molecule has 1 aromatic heterocycles. The summed E-state index contributed by atoms with van der Waals surface area (Å²) in [6.45, 7) is 0.315. The number of carbonyl (C=O) groups excluding carboxylic acids is 1. The number of para-hydroxylation sites is 1. The van der Waals surface area contributed by atoms with E-state index in [1.165, 1.54) is 0 Å². The highest BCUT2D eigenvalue weighted by Crippen LogP contribution is 2.44. The molecule has 1 aliphatic rings. The van der Waals surface area contributed by atoms with Crippen LogP contribution >= 0.6 is 0 Å². The van der Waals surface area contributed by atoms with Gasteiger partial charge >= 0.3 is 12.1 Å². The average molecular weight is 484 g/mol. The van der Waals surface area contributed by atoms with Crippen LogP contribution < -0.4 is 10.1 Å². The second kappa shape index (κ2) is 10.4. The van der Waals surface area contributed by atoms with Crippen LogP contribution in [0.2, 0.25) is 0 Å². The molecule has 0 radical (unpaired) electrons. The Kier molecular flexibility index (Phi) is 6.71. The number of benzene rings is 3. The summed E-state index contributed by atoms with van der Waals surface area (Å²) in [4.78, 5) is 24.4. The molecule has 0 saturated carbocycles. The molecule has 1 amide bonds. The van der Waals surface area contributed by atoms with Gasteiger partial charge in [-0.3, -0.25) is 0 Å². The number of carboxylic acids is 1. The van der Waals surface area contributed by atoms with Crippen molar-refractivity contribution in [3.05, 3.63) is 114 Å². The smallest absolute Gasteiger partial charge is 0.407 e. The molecule has 1 heterocycles. The first-order chi connectivity index (χ1) is 17.6. The Morgan fingerprint density at radius 1 is 0.833 bits per heavy atom. The Morgan fingerprint density at radius 2 is 1.44 bits per heavy atom. The number of nitrogens with one attached hydrogen (secondary N) is 1. The van der Waals surface area contributed by atoms with Crippen molar-refractivity contribution < 1.29 is 28.6 Å². The minimum Gasteiger partial charge on any atom is -0.486 e. The lowest BCUT2D eigenvalue weighted by Gasteiger charge is -2.17. The first-order valence-corrected chi connectivity index (χ1v) is 11.7. The second-order valence-corrected chi connectivity index (χ2v) is 8.53. The molecule has 0 bridgehead atoms. The number of hydrogen-bond donors (Lipinski definition) is 2. The lowest BCUT2D eigenvalue weighted by atomic mass is 9.98. The zero-order valence-electron chi connectivity index (χ0n) is 19.4. The molecule has 0 fully saturated rings. The number of carbonyl (C=O) groups is 2. The minimum atomic E-state index is -1.20. The van der Waals surface area contributed by atoms with Crippen LogP contribution in [0.1, 0.15) is 28.6 Å². The summed E-state index contributed by atoms with van der Waals surface area (Å²) in [6, 6.07) is 27.6. The van der Waals surface area contributed by atoms with Gasteiger partial charge in [0.25, 0.3) is 0 Å². The molecule has 1 unspecified atom stereocenters. The van der Waals surface area contributed by atoms with Crippen molar-refractivity contribution in [3.8, 4) is 16.9 Å². The van der Waals surface area contributed by atoms with Gasteiger partial charge in [0.15, 0.2) is 0 Å². The Balaban J connectivity index is 1.18. The standard InChI is InChI=1S/C29H25NO6/c31-28(32)27(16-20-14-15-21(36-20)17-34-19-8-2-1-3-9-19)30-29(33)35-18-26-24-12-6-4-10-22(24)23-11-5-7-13-25(23)26/h1-15,26-27H,16-18H2,(H,30,33)(H,31,32). The van der Waals surface area contributed by atoms with Gasteiger partial charge in [0.05, 0.1) is 0 Å². The van der Waals surface area contributed by atoms with E-state index < -0.39 is 18.1 Å². The molecule has 36 heavy (non-hydrogen) atoms. The maximum atomic E-state index is 12.5. The monoisotopic (exact) mass is 483 g/mol. The van der Waals surface area contributed by atoms with Gasteiger partial charge in [0.1, 0.15) is 36.5 Å². The lowest BCUT2D eigenvalue weighted by Crippen LogP contribution is -2.42. The van der Waals surface area contributed by atoms with Crippen molar-refractivity contribution in [2.75, 3.05) is 6.61 Å². The van der Waals surface area contributed by atoms with Crippen molar-refractivity contribution in [2.24, 2.45) is 0 Å². The van der Waals surface area contributed by atoms with Crippen molar-refractivity contribution >= 4 is 12.1 Å². The number of ether oxygens (including phenoxy) is 2. The molecule has 1 aliphatic carbocycles. The highest BCUT2D eigenvalue weighted by Gasteiger charge is 2.30. The zero-order valence-corrected chi connectivity index (χ0v) is 19.4. The van der Waals surface area contributed by atoms with Crippen LogP contribution in [0.4, 0.5) is 4.79 Å². The van der Waals surface area contributed by atoms with Gasteiger partial charge in [-0.15, -0.1) is 0 Å². The van der Waals surface area contributed by atoms with Crippen molar-refractivity contribution in [3.63, 3.8) is 0 Å². The van der Waals surface area contributed by atoms with Gasteiger partial charge in [-0.05, 0) is 46.5 Å². The summed E-state index contributed by atoms with van der Waals surface area (Å²) in [6.07, 6.45) is -0.811. The number of alkyl carbamates (subject to hydrolysis) is 1. The predicted molar refractivity (Wildman–Crippen MR) is 133 cm³/mol. The highest BCUT2D eigenvalue weighted by molar-refractivity contribution is 5.81. The normalized spacial score (nSPS) is 12.9. The zero-order chi connectivity index (χ0) is 24.9. The van der Waals surface area contributed by atoms with Crippen molar-refractivity contribution in [1.29, 1.82) is 0 Å². The Hall–Kier alpha value is -4.52. The highest BCUT2D eigenvalue weighted by atomic mass is 16.5. The van der Waals surface area contributed by atoms with E-state index in [0.29, 0.717) is 17.3 Å². The summed E-state index contributed by atoms with van der Waals surface area (Å²) in [5, 5.41) is 12.1. The summed E-state index contributed by atoms with van der Waals surface area (Å²) < 4.78 is 16.8. The topological polar surface area (TPSA) is 98.0 Å². The van der Waals surface area contributed by atoms with Crippen LogP contribution in [0.15, 0.2) is 95.4 Å². The first kappa shape index (κ1) is 23.2. The van der Waals surface area contributed by atoms with Crippen LogP contribution in [0.25, 0.3) is 11.1 Å². The van der Waals surface area contributed by atoms with Gasteiger partial charge in [-0.2, -0.15) is 0 Å². The number of carboxylic acid groups (broad SMARTS) is 1. The fourth-order valence-electron chi connectivity index (χ4n) is 4.46. The molecule has 4 aromatic rings. The van der Waals surface area contributed by atoms with Gasteiger partial charge in [-0.1, -0.05) is 66.7 Å². The number of hydrogen-bond acceptors (Lipinski definition) is 5. The molecule has 5 rings (SSSR count). The maximum absolute atomic E-state index is 12.5. The van der Waals surface area contributed by atoms with E-state index in [-0.39, 0.29) is 25.6 Å². The van der Waals surface area contributed by atoms with Crippen LogP contribution in [-0.4, -0.2) is 29.8 Å².